The first-order valence-corrected chi connectivity index (χ1v) is 12.4. The summed E-state index contributed by atoms with van der Waals surface area (Å²) in [5.41, 5.74) is -1.05. The van der Waals surface area contributed by atoms with Crippen LogP contribution in [0.3, 0.4) is 0 Å². The van der Waals surface area contributed by atoms with Crippen LogP contribution in [0.5, 0.6) is 0 Å². The average Bonchev–Trinajstić information content (AvgIpc) is 3.49. The Kier molecular flexibility index (Phi) is 5.55. The van der Waals surface area contributed by atoms with E-state index in [2.05, 4.69) is 0 Å². The number of carbonyl (C=O) groups excluding carboxylic acids is 5. The van der Waals surface area contributed by atoms with Crippen LogP contribution in [0.2, 0.25) is 5.02 Å². The van der Waals surface area contributed by atoms with Gasteiger partial charge in [-0.05, 0) is 37.3 Å². The Bertz CT molecular complexity index is 1510. The van der Waals surface area contributed by atoms with Crippen LogP contribution in [0, 0.1) is 11.8 Å². The van der Waals surface area contributed by atoms with Gasteiger partial charge < -0.3 is 9.47 Å². The lowest BCUT2D eigenvalue weighted by Gasteiger charge is -2.27. The third kappa shape index (κ3) is 3.17. The molecule has 2 fully saturated rings. The van der Waals surface area contributed by atoms with Crippen molar-refractivity contribution in [3.8, 4) is 0 Å². The second kappa shape index (κ2) is 8.72. The van der Waals surface area contributed by atoms with E-state index < -0.39 is 52.9 Å². The summed E-state index contributed by atoms with van der Waals surface area (Å²) in [4.78, 5) is 68.5. The van der Waals surface area contributed by atoms with Gasteiger partial charge in [0.05, 0.1) is 35.8 Å². The molecule has 2 heterocycles. The minimum atomic E-state index is -2.19. The molecule has 3 aromatic rings. The van der Waals surface area contributed by atoms with Crippen LogP contribution in [-0.2, 0) is 19.1 Å². The van der Waals surface area contributed by atoms with Crippen molar-refractivity contribution in [2.75, 3.05) is 11.5 Å². The Morgan fingerprint density at radius 2 is 1.50 bits per heavy atom. The van der Waals surface area contributed by atoms with Crippen LogP contribution in [-0.4, -0.2) is 41.6 Å². The van der Waals surface area contributed by atoms with Crippen molar-refractivity contribution in [3.63, 3.8) is 0 Å². The van der Waals surface area contributed by atoms with E-state index in [1.807, 2.05) is 0 Å². The molecular weight excluding hydrogens is 510 g/mol. The van der Waals surface area contributed by atoms with Gasteiger partial charge in [0.2, 0.25) is 29.0 Å². The summed E-state index contributed by atoms with van der Waals surface area (Å²) in [5, 5.41) is 0.279. The lowest BCUT2D eigenvalue weighted by atomic mass is 9.77. The van der Waals surface area contributed by atoms with Crippen molar-refractivity contribution < 1.29 is 33.4 Å². The van der Waals surface area contributed by atoms with E-state index in [1.54, 1.807) is 43.3 Å². The third-order valence-electron chi connectivity index (χ3n) is 7.37. The number of halogens is 1. The number of nitrogens with zero attached hydrogens (tertiary/aromatic N) is 1. The Morgan fingerprint density at radius 1 is 0.895 bits per heavy atom. The molecule has 0 bridgehead atoms. The van der Waals surface area contributed by atoms with E-state index >= 15 is 0 Å². The van der Waals surface area contributed by atoms with E-state index in [-0.39, 0.29) is 34.0 Å². The standard InChI is InChI=1S/C29H20ClNO7/c1-2-37-28(36)15-11-13-16(14-12-15)31-26(34)21-22(27(31)35)29(38-23(21)19-9-5-6-10-20(19)30)24(32)17-7-3-4-8-18(17)25(29)33/h3-14,21-23H,2H2,1H3/t21-,22+,23-/m0/s1. The largest absolute Gasteiger partial charge is 0.462 e. The van der Waals surface area contributed by atoms with Gasteiger partial charge in [-0.2, -0.15) is 0 Å². The number of Topliss-reactive ketones (excluding diaryl/α,β-unsaturated/α-hetero) is 2. The number of hydrogen-bond donors (Lipinski definition) is 0. The molecule has 1 spiro atoms. The zero-order valence-corrected chi connectivity index (χ0v) is 20.8. The predicted molar refractivity (Wildman–Crippen MR) is 135 cm³/mol. The Balaban J connectivity index is 1.48. The summed E-state index contributed by atoms with van der Waals surface area (Å²) in [6, 6.07) is 18.7. The maximum Gasteiger partial charge on any atom is 0.338 e. The van der Waals surface area contributed by atoms with Crippen LogP contribution in [0.1, 0.15) is 49.7 Å². The zero-order valence-electron chi connectivity index (χ0n) is 20.1. The molecule has 190 valence electrons. The van der Waals surface area contributed by atoms with E-state index in [4.69, 9.17) is 21.1 Å². The van der Waals surface area contributed by atoms with Gasteiger partial charge in [-0.3, -0.25) is 19.2 Å². The molecule has 0 unspecified atom stereocenters. The lowest BCUT2D eigenvalue weighted by molar-refractivity contribution is -0.127. The summed E-state index contributed by atoms with van der Waals surface area (Å²) in [6.07, 6.45) is -1.11. The van der Waals surface area contributed by atoms with Gasteiger partial charge in [-0.25, -0.2) is 9.69 Å². The molecule has 0 aromatic heterocycles. The molecule has 0 radical (unpaired) electrons. The molecule has 9 heteroatoms. The first kappa shape index (κ1) is 24.2. The maximum atomic E-state index is 14.0. The SMILES string of the molecule is CCOC(=O)c1ccc(N2C(=O)[C@@H]3[C@H](c4ccccc4Cl)OC4(C(=O)c5ccccc5C4=O)[C@H]3C2=O)cc1. The number of benzene rings is 3. The van der Waals surface area contributed by atoms with E-state index in [9.17, 15) is 24.0 Å². The van der Waals surface area contributed by atoms with Crippen LogP contribution in [0.15, 0.2) is 72.8 Å². The maximum absolute atomic E-state index is 14.0. The van der Waals surface area contributed by atoms with Crippen LogP contribution in [0.25, 0.3) is 0 Å². The van der Waals surface area contributed by atoms with Crippen molar-refractivity contribution in [2.45, 2.75) is 18.6 Å². The lowest BCUT2D eigenvalue weighted by Crippen LogP contribution is -2.51. The van der Waals surface area contributed by atoms with Crippen LogP contribution >= 0.6 is 11.6 Å². The van der Waals surface area contributed by atoms with Gasteiger partial charge in [0.15, 0.2) is 0 Å². The molecule has 2 aliphatic heterocycles. The molecule has 2 amide bonds. The monoisotopic (exact) mass is 529 g/mol. The van der Waals surface area contributed by atoms with E-state index in [0.717, 1.165) is 4.90 Å². The second-order valence-electron chi connectivity index (χ2n) is 9.28. The number of fused-ring (bicyclic) bond motifs is 3. The molecule has 2 saturated heterocycles. The molecule has 38 heavy (non-hydrogen) atoms. The zero-order chi connectivity index (χ0) is 26.8. The van der Waals surface area contributed by atoms with Crippen LogP contribution in [0.4, 0.5) is 5.69 Å². The van der Waals surface area contributed by atoms with Gasteiger partial charge >= 0.3 is 5.97 Å². The fourth-order valence-corrected chi connectivity index (χ4v) is 5.96. The van der Waals surface area contributed by atoms with Crippen molar-refractivity contribution in [2.24, 2.45) is 11.8 Å². The summed E-state index contributed by atoms with van der Waals surface area (Å²) in [6.45, 7) is 1.88. The van der Waals surface area contributed by atoms with Crippen molar-refractivity contribution in [3.05, 3.63) is 100 Å². The summed E-state index contributed by atoms with van der Waals surface area (Å²) in [7, 11) is 0. The fourth-order valence-electron chi connectivity index (χ4n) is 5.72. The smallest absolute Gasteiger partial charge is 0.338 e. The Morgan fingerprint density at radius 3 is 2.11 bits per heavy atom. The molecule has 6 rings (SSSR count). The van der Waals surface area contributed by atoms with Gasteiger partial charge in [0.25, 0.3) is 0 Å². The fraction of sp³-hybridized carbons (Fsp3) is 0.207. The van der Waals surface area contributed by atoms with E-state index in [1.165, 1.54) is 36.4 Å². The number of anilines is 1. The van der Waals surface area contributed by atoms with E-state index in [0.29, 0.717) is 5.56 Å². The summed E-state index contributed by atoms with van der Waals surface area (Å²) in [5.74, 6) is -5.76. The highest BCUT2D eigenvalue weighted by molar-refractivity contribution is 6.37. The number of ketones is 2. The van der Waals surface area contributed by atoms with Crippen molar-refractivity contribution in [1.29, 1.82) is 0 Å². The Labute approximate surface area is 222 Å². The number of esters is 1. The van der Waals surface area contributed by atoms with Gasteiger partial charge in [0, 0.05) is 21.7 Å². The molecule has 8 nitrogen and oxygen atoms in total. The van der Waals surface area contributed by atoms with Crippen molar-refractivity contribution in [1.82, 2.24) is 0 Å². The number of imide groups is 1. The molecule has 1 aliphatic carbocycles. The highest BCUT2D eigenvalue weighted by Crippen LogP contribution is 2.58. The molecule has 3 aliphatic rings. The first-order valence-electron chi connectivity index (χ1n) is 12.1. The Hall–Kier alpha value is -4.14. The van der Waals surface area contributed by atoms with Crippen molar-refractivity contribution >= 4 is 46.6 Å². The predicted octanol–water partition coefficient (Wildman–Crippen LogP) is 4.21. The number of hydrogen-bond acceptors (Lipinski definition) is 7. The summed E-state index contributed by atoms with van der Waals surface area (Å²) < 4.78 is 11.2. The normalized spacial score (nSPS) is 23.2. The first-order chi connectivity index (χ1) is 18.3. The topological polar surface area (TPSA) is 107 Å². The van der Waals surface area contributed by atoms with Gasteiger partial charge in [-0.1, -0.05) is 54.1 Å². The van der Waals surface area contributed by atoms with Crippen LogP contribution < -0.4 is 4.90 Å². The number of carbonyl (C=O) groups is 5. The average molecular weight is 530 g/mol. The molecule has 0 saturated carbocycles. The number of ether oxygens (including phenoxy) is 2. The summed E-state index contributed by atoms with van der Waals surface area (Å²) >= 11 is 6.46. The minimum absolute atomic E-state index is 0.147. The minimum Gasteiger partial charge on any atom is -0.462 e. The highest BCUT2D eigenvalue weighted by atomic mass is 35.5. The number of rotatable bonds is 4. The molecule has 3 atom stereocenters. The molecular formula is C29H20ClNO7. The molecule has 3 aromatic carbocycles. The quantitative estimate of drug-likeness (QED) is 0.283. The molecule has 0 N–H and O–H groups in total. The third-order valence-corrected chi connectivity index (χ3v) is 7.71. The second-order valence-corrected chi connectivity index (χ2v) is 9.69. The van der Waals surface area contributed by atoms with Gasteiger partial charge in [0.1, 0.15) is 0 Å². The van der Waals surface area contributed by atoms with Gasteiger partial charge in [-0.15, -0.1) is 0 Å². The highest BCUT2D eigenvalue weighted by Gasteiger charge is 2.74. The number of amides is 2.